The van der Waals surface area contributed by atoms with Gasteiger partial charge in [0.25, 0.3) is 0 Å². The molecule has 1 saturated heterocycles. The van der Waals surface area contributed by atoms with E-state index in [1.807, 2.05) is 13.0 Å². The summed E-state index contributed by atoms with van der Waals surface area (Å²) in [5.41, 5.74) is 11.0. The third-order valence-electron chi connectivity index (χ3n) is 3.31. The molecule has 1 aliphatic rings. The molecule has 0 radical (unpaired) electrons. The van der Waals surface area contributed by atoms with Gasteiger partial charge in [-0.05, 0) is 19.8 Å². The predicted octanol–water partition coefficient (Wildman–Crippen LogP) is 0.192. The lowest BCUT2D eigenvalue weighted by atomic mass is 9.96. The highest BCUT2D eigenvalue weighted by Crippen LogP contribution is 2.23. The molecule has 0 unspecified atom stereocenters. The van der Waals surface area contributed by atoms with E-state index in [-0.39, 0.29) is 17.8 Å². The lowest BCUT2D eigenvalue weighted by Crippen LogP contribution is -2.39. The molecular formula is C12H20N6O. The van der Waals surface area contributed by atoms with Crippen molar-refractivity contribution in [3.63, 3.8) is 0 Å². The minimum Gasteiger partial charge on any atom is -0.370 e. The Morgan fingerprint density at radius 3 is 2.74 bits per heavy atom. The molecule has 7 heteroatoms. The van der Waals surface area contributed by atoms with Crippen LogP contribution in [0.2, 0.25) is 0 Å². The predicted molar refractivity (Wildman–Crippen MR) is 74.7 cm³/mol. The molecule has 1 aromatic heterocycles. The highest BCUT2D eigenvalue weighted by Gasteiger charge is 2.24. The number of hydrogen-bond acceptors (Lipinski definition) is 6. The molecular weight excluding hydrogens is 244 g/mol. The summed E-state index contributed by atoms with van der Waals surface area (Å²) in [5.74, 6) is 1.54. The minimum atomic E-state index is -0.213. The van der Waals surface area contributed by atoms with Gasteiger partial charge in [0, 0.05) is 31.6 Å². The summed E-state index contributed by atoms with van der Waals surface area (Å²) in [6, 6.07) is 1.88. The standard InChI is InChI=1S/C12H20N6O/c1-2-15-9-7-10(17-12(14)16-9)18-5-3-8(4-6-18)11(13)19/h7-8H,2-6H2,1H3,(H2,13,19)(H3,14,15,16,17). The number of amides is 1. The third-order valence-corrected chi connectivity index (χ3v) is 3.31. The van der Waals surface area contributed by atoms with Crippen molar-refractivity contribution in [1.29, 1.82) is 0 Å². The number of anilines is 3. The molecule has 19 heavy (non-hydrogen) atoms. The molecule has 2 heterocycles. The smallest absolute Gasteiger partial charge is 0.223 e. The molecule has 1 amide bonds. The fourth-order valence-corrected chi connectivity index (χ4v) is 2.28. The number of nitrogens with two attached hydrogens (primary N) is 2. The zero-order valence-corrected chi connectivity index (χ0v) is 11.1. The molecule has 7 nitrogen and oxygen atoms in total. The summed E-state index contributed by atoms with van der Waals surface area (Å²) in [6.45, 7) is 4.29. The van der Waals surface area contributed by atoms with Crippen molar-refractivity contribution < 1.29 is 4.79 Å². The van der Waals surface area contributed by atoms with Crippen LogP contribution in [0.15, 0.2) is 6.07 Å². The molecule has 104 valence electrons. The molecule has 0 atom stereocenters. The van der Waals surface area contributed by atoms with E-state index in [0.29, 0.717) is 0 Å². The van der Waals surface area contributed by atoms with Gasteiger partial charge < -0.3 is 21.7 Å². The van der Waals surface area contributed by atoms with Crippen LogP contribution in [0, 0.1) is 5.92 Å². The van der Waals surface area contributed by atoms with Gasteiger partial charge >= 0.3 is 0 Å². The maximum Gasteiger partial charge on any atom is 0.223 e. The molecule has 0 aromatic carbocycles. The molecule has 2 rings (SSSR count). The number of primary amides is 1. The van der Waals surface area contributed by atoms with Crippen LogP contribution in [0.1, 0.15) is 19.8 Å². The van der Waals surface area contributed by atoms with Crippen LogP contribution in [0.5, 0.6) is 0 Å². The number of piperidine rings is 1. The van der Waals surface area contributed by atoms with E-state index in [1.54, 1.807) is 0 Å². The highest BCUT2D eigenvalue weighted by molar-refractivity contribution is 5.77. The van der Waals surface area contributed by atoms with Crippen LogP contribution in [0.25, 0.3) is 0 Å². The first-order valence-electron chi connectivity index (χ1n) is 6.53. The van der Waals surface area contributed by atoms with Crippen LogP contribution in [-0.2, 0) is 4.79 Å². The molecule has 0 aliphatic carbocycles. The Morgan fingerprint density at radius 1 is 1.47 bits per heavy atom. The van der Waals surface area contributed by atoms with E-state index in [4.69, 9.17) is 11.5 Å². The normalized spacial score (nSPS) is 16.4. The first-order chi connectivity index (χ1) is 9.10. The summed E-state index contributed by atoms with van der Waals surface area (Å²) in [4.78, 5) is 21.6. The Kier molecular flexibility index (Phi) is 4.03. The number of carbonyl (C=O) groups is 1. The summed E-state index contributed by atoms with van der Waals surface area (Å²) >= 11 is 0. The van der Waals surface area contributed by atoms with Crippen molar-refractivity contribution in [2.45, 2.75) is 19.8 Å². The molecule has 0 saturated carbocycles. The van der Waals surface area contributed by atoms with Gasteiger partial charge in [-0.2, -0.15) is 9.97 Å². The zero-order valence-electron chi connectivity index (χ0n) is 11.1. The van der Waals surface area contributed by atoms with Crippen LogP contribution in [0.4, 0.5) is 17.6 Å². The molecule has 1 aromatic rings. The number of nitrogens with zero attached hydrogens (tertiary/aromatic N) is 3. The van der Waals surface area contributed by atoms with Gasteiger partial charge in [0.05, 0.1) is 0 Å². The molecule has 5 N–H and O–H groups in total. The lowest BCUT2D eigenvalue weighted by Gasteiger charge is -2.31. The van der Waals surface area contributed by atoms with E-state index >= 15 is 0 Å². The second kappa shape index (κ2) is 5.73. The number of nitrogens with one attached hydrogen (secondary N) is 1. The van der Waals surface area contributed by atoms with Gasteiger partial charge in [0.2, 0.25) is 11.9 Å². The van der Waals surface area contributed by atoms with Crippen molar-refractivity contribution >= 4 is 23.5 Å². The number of rotatable bonds is 4. The summed E-state index contributed by atoms with van der Waals surface area (Å²) in [7, 11) is 0. The Bertz CT molecular complexity index is 456. The number of nitrogen functional groups attached to an aromatic ring is 1. The average molecular weight is 264 g/mol. The van der Waals surface area contributed by atoms with Gasteiger partial charge in [-0.15, -0.1) is 0 Å². The topological polar surface area (TPSA) is 110 Å². The van der Waals surface area contributed by atoms with E-state index in [0.717, 1.165) is 44.1 Å². The van der Waals surface area contributed by atoms with Gasteiger partial charge in [0.1, 0.15) is 11.6 Å². The Morgan fingerprint density at radius 2 is 2.16 bits per heavy atom. The average Bonchev–Trinajstić information content (AvgIpc) is 2.38. The monoisotopic (exact) mass is 264 g/mol. The van der Waals surface area contributed by atoms with E-state index < -0.39 is 0 Å². The van der Waals surface area contributed by atoms with Crippen LogP contribution in [-0.4, -0.2) is 35.5 Å². The summed E-state index contributed by atoms with van der Waals surface area (Å²) < 4.78 is 0. The second-order valence-electron chi connectivity index (χ2n) is 4.66. The molecule has 1 aliphatic heterocycles. The van der Waals surface area contributed by atoms with E-state index in [9.17, 15) is 4.79 Å². The number of aromatic nitrogens is 2. The Labute approximate surface area is 112 Å². The third kappa shape index (κ3) is 3.24. The van der Waals surface area contributed by atoms with Crippen molar-refractivity contribution in [3.05, 3.63) is 6.07 Å². The first kappa shape index (κ1) is 13.4. The maximum absolute atomic E-state index is 11.1. The van der Waals surface area contributed by atoms with Gasteiger partial charge in [-0.3, -0.25) is 4.79 Å². The van der Waals surface area contributed by atoms with Gasteiger partial charge in [0.15, 0.2) is 0 Å². The fourth-order valence-electron chi connectivity index (χ4n) is 2.28. The molecule has 0 spiro atoms. The molecule has 0 bridgehead atoms. The van der Waals surface area contributed by atoms with Crippen LogP contribution in [0.3, 0.4) is 0 Å². The largest absolute Gasteiger partial charge is 0.370 e. The van der Waals surface area contributed by atoms with Crippen molar-refractivity contribution in [3.8, 4) is 0 Å². The van der Waals surface area contributed by atoms with Crippen molar-refractivity contribution in [2.75, 3.05) is 35.6 Å². The van der Waals surface area contributed by atoms with Gasteiger partial charge in [-0.25, -0.2) is 0 Å². The van der Waals surface area contributed by atoms with Crippen LogP contribution < -0.4 is 21.7 Å². The summed E-state index contributed by atoms with van der Waals surface area (Å²) in [6.07, 6.45) is 1.52. The second-order valence-corrected chi connectivity index (χ2v) is 4.66. The number of carbonyl (C=O) groups excluding carboxylic acids is 1. The zero-order chi connectivity index (χ0) is 13.8. The van der Waals surface area contributed by atoms with Crippen molar-refractivity contribution in [1.82, 2.24) is 9.97 Å². The van der Waals surface area contributed by atoms with E-state index in [2.05, 4.69) is 20.2 Å². The highest BCUT2D eigenvalue weighted by atomic mass is 16.1. The lowest BCUT2D eigenvalue weighted by molar-refractivity contribution is -0.122. The van der Waals surface area contributed by atoms with E-state index in [1.165, 1.54) is 0 Å². The summed E-state index contributed by atoms with van der Waals surface area (Å²) in [5, 5.41) is 3.12. The molecule has 1 fully saturated rings. The van der Waals surface area contributed by atoms with Crippen molar-refractivity contribution in [2.24, 2.45) is 11.7 Å². The quantitative estimate of drug-likeness (QED) is 0.716. The van der Waals surface area contributed by atoms with Gasteiger partial charge in [-0.1, -0.05) is 0 Å². The number of hydrogen-bond donors (Lipinski definition) is 3. The minimum absolute atomic E-state index is 0.0244. The Balaban J connectivity index is 2.08. The first-order valence-corrected chi connectivity index (χ1v) is 6.53. The van der Waals surface area contributed by atoms with Crippen LogP contribution >= 0.6 is 0 Å². The SMILES string of the molecule is CCNc1cc(N2CCC(C(N)=O)CC2)nc(N)n1. The fraction of sp³-hybridized carbons (Fsp3) is 0.583. The maximum atomic E-state index is 11.1. The Hall–Kier alpha value is -2.05.